The SMILES string of the molecule is O=C(CN1C(=O)/C(=C/c2cccc(Oc3ccccc3)c2)SC1=S)Nc1ccc(F)cc1. The smallest absolute Gasteiger partial charge is 0.266 e. The Labute approximate surface area is 193 Å². The third-order valence-corrected chi connectivity index (χ3v) is 5.82. The molecular formula is C24H17FN2O3S2. The molecule has 160 valence electrons. The minimum Gasteiger partial charge on any atom is -0.457 e. The number of carbonyl (C=O) groups is 2. The van der Waals surface area contributed by atoms with E-state index in [1.54, 1.807) is 6.08 Å². The van der Waals surface area contributed by atoms with Crippen LogP contribution in [0, 0.1) is 5.82 Å². The predicted molar refractivity (Wildman–Crippen MR) is 128 cm³/mol. The van der Waals surface area contributed by atoms with Gasteiger partial charge in [-0.15, -0.1) is 0 Å². The highest BCUT2D eigenvalue weighted by molar-refractivity contribution is 8.26. The van der Waals surface area contributed by atoms with Crippen molar-refractivity contribution in [3.05, 3.63) is 95.1 Å². The topological polar surface area (TPSA) is 58.6 Å². The Bertz CT molecular complexity index is 1200. The number of rotatable bonds is 6. The highest BCUT2D eigenvalue weighted by Crippen LogP contribution is 2.33. The molecule has 0 aliphatic carbocycles. The summed E-state index contributed by atoms with van der Waals surface area (Å²) in [5.41, 5.74) is 1.21. The first-order valence-corrected chi connectivity index (χ1v) is 10.8. The van der Waals surface area contributed by atoms with Crippen LogP contribution in [0.3, 0.4) is 0 Å². The minimum absolute atomic E-state index is 0.226. The molecule has 0 atom stereocenters. The van der Waals surface area contributed by atoms with Crippen molar-refractivity contribution in [3.63, 3.8) is 0 Å². The number of halogens is 1. The van der Waals surface area contributed by atoms with Gasteiger partial charge in [-0.1, -0.05) is 54.3 Å². The first-order chi connectivity index (χ1) is 15.5. The van der Waals surface area contributed by atoms with Crippen LogP contribution in [0.25, 0.3) is 6.08 Å². The number of carbonyl (C=O) groups excluding carboxylic acids is 2. The number of hydrogen-bond donors (Lipinski definition) is 1. The van der Waals surface area contributed by atoms with Crippen LogP contribution in [0.1, 0.15) is 5.56 Å². The number of para-hydroxylation sites is 1. The molecule has 1 heterocycles. The highest BCUT2D eigenvalue weighted by Gasteiger charge is 2.33. The number of ether oxygens (including phenoxy) is 1. The fourth-order valence-corrected chi connectivity index (χ4v) is 4.21. The predicted octanol–water partition coefficient (Wildman–Crippen LogP) is 5.46. The summed E-state index contributed by atoms with van der Waals surface area (Å²) in [5.74, 6) is 0.182. The van der Waals surface area contributed by atoms with Gasteiger partial charge in [0.2, 0.25) is 5.91 Å². The lowest BCUT2D eigenvalue weighted by atomic mass is 10.2. The second-order valence-electron chi connectivity index (χ2n) is 6.81. The lowest BCUT2D eigenvalue weighted by Crippen LogP contribution is -2.36. The molecule has 5 nitrogen and oxygen atoms in total. The zero-order chi connectivity index (χ0) is 22.5. The fourth-order valence-electron chi connectivity index (χ4n) is 2.96. The maximum atomic E-state index is 13.0. The van der Waals surface area contributed by atoms with Crippen molar-refractivity contribution in [1.82, 2.24) is 4.90 Å². The van der Waals surface area contributed by atoms with Gasteiger partial charge in [-0.05, 0) is 60.2 Å². The normalized spacial score (nSPS) is 14.7. The Kier molecular flexibility index (Phi) is 6.63. The van der Waals surface area contributed by atoms with Gasteiger partial charge in [-0.25, -0.2) is 4.39 Å². The number of thiocarbonyl (C=S) groups is 1. The summed E-state index contributed by atoms with van der Waals surface area (Å²) in [6.07, 6.45) is 1.72. The van der Waals surface area contributed by atoms with E-state index in [-0.39, 0.29) is 12.5 Å². The molecule has 1 aliphatic rings. The molecule has 2 amide bonds. The number of amides is 2. The quantitative estimate of drug-likeness (QED) is 0.388. The Morgan fingerprint density at radius 2 is 1.75 bits per heavy atom. The summed E-state index contributed by atoms with van der Waals surface area (Å²) in [6, 6.07) is 22.1. The van der Waals surface area contributed by atoms with Crippen LogP contribution in [0.4, 0.5) is 10.1 Å². The molecule has 1 N–H and O–H groups in total. The van der Waals surface area contributed by atoms with Crippen molar-refractivity contribution in [2.75, 3.05) is 11.9 Å². The van der Waals surface area contributed by atoms with Gasteiger partial charge in [0.05, 0.1) is 4.91 Å². The summed E-state index contributed by atoms with van der Waals surface area (Å²) < 4.78 is 19.1. The molecule has 1 saturated heterocycles. The highest BCUT2D eigenvalue weighted by atomic mass is 32.2. The molecule has 4 rings (SSSR count). The van der Waals surface area contributed by atoms with Crippen molar-refractivity contribution in [2.24, 2.45) is 0 Å². The molecule has 3 aromatic carbocycles. The van der Waals surface area contributed by atoms with Crippen LogP contribution >= 0.6 is 24.0 Å². The Morgan fingerprint density at radius 3 is 2.50 bits per heavy atom. The second-order valence-corrected chi connectivity index (χ2v) is 8.49. The van der Waals surface area contributed by atoms with E-state index in [4.69, 9.17) is 17.0 Å². The van der Waals surface area contributed by atoms with E-state index in [0.29, 0.717) is 26.4 Å². The van der Waals surface area contributed by atoms with Gasteiger partial charge in [0.1, 0.15) is 28.2 Å². The average molecular weight is 465 g/mol. The van der Waals surface area contributed by atoms with Crippen molar-refractivity contribution in [2.45, 2.75) is 0 Å². The fraction of sp³-hybridized carbons (Fsp3) is 0.0417. The van der Waals surface area contributed by atoms with Gasteiger partial charge in [-0.2, -0.15) is 0 Å². The van der Waals surface area contributed by atoms with Crippen LogP contribution < -0.4 is 10.1 Å². The summed E-state index contributed by atoms with van der Waals surface area (Å²) in [6.45, 7) is -0.226. The van der Waals surface area contributed by atoms with Crippen LogP contribution in [-0.4, -0.2) is 27.6 Å². The van der Waals surface area contributed by atoms with Crippen LogP contribution in [-0.2, 0) is 9.59 Å². The van der Waals surface area contributed by atoms with E-state index in [2.05, 4.69) is 5.32 Å². The molecule has 3 aromatic rings. The molecule has 0 unspecified atom stereocenters. The molecule has 8 heteroatoms. The lowest BCUT2D eigenvalue weighted by Gasteiger charge is -2.14. The first kappa shape index (κ1) is 21.7. The molecule has 1 aliphatic heterocycles. The molecule has 1 fully saturated rings. The third kappa shape index (κ3) is 5.40. The van der Waals surface area contributed by atoms with Gasteiger partial charge in [0.15, 0.2) is 0 Å². The summed E-state index contributed by atoms with van der Waals surface area (Å²) in [4.78, 5) is 26.8. The summed E-state index contributed by atoms with van der Waals surface area (Å²) in [7, 11) is 0. The van der Waals surface area contributed by atoms with Crippen molar-refractivity contribution in [3.8, 4) is 11.5 Å². The number of thioether (sulfide) groups is 1. The summed E-state index contributed by atoms with van der Waals surface area (Å²) in [5, 5.41) is 2.63. The van der Waals surface area contributed by atoms with Gasteiger partial charge < -0.3 is 10.1 Å². The molecule has 0 radical (unpaired) electrons. The van der Waals surface area contributed by atoms with E-state index in [0.717, 1.165) is 17.3 Å². The number of nitrogens with one attached hydrogen (secondary N) is 1. The molecule has 0 bridgehead atoms. The minimum atomic E-state index is -0.424. The zero-order valence-electron chi connectivity index (χ0n) is 16.7. The van der Waals surface area contributed by atoms with Crippen molar-refractivity contribution >= 4 is 51.9 Å². The Hall–Kier alpha value is -3.49. The van der Waals surface area contributed by atoms with E-state index in [9.17, 15) is 14.0 Å². The summed E-state index contributed by atoms with van der Waals surface area (Å²) >= 11 is 6.43. The second kappa shape index (κ2) is 9.76. The van der Waals surface area contributed by atoms with E-state index in [1.165, 1.54) is 29.2 Å². The van der Waals surface area contributed by atoms with Crippen LogP contribution in [0.2, 0.25) is 0 Å². The maximum Gasteiger partial charge on any atom is 0.266 e. The van der Waals surface area contributed by atoms with Crippen LogP contribution in [0.5, 0.6) is 11.5 Å². The lowest BCUT2D eigenvalue weighted by molar-refractivity contribution is -0.126. The largest absolute Gasteiger partial charge is 0.457 e. The van der Waals surface area contributed by atoms with Gasteiger partial charge in [-0.3, -0.25) is 14.5 Å². The van der Waals surface area contributed by atoms with Gasteiger partial charge in [0.25, 0.3) is 5.91 Å². The maximum absolute atomic E-state index is 13.0. The number of benzene rings is 3. The van der Waals surface area contributed by atoms with Gasteiger partial charge >= 0.3 is 0 Å². The van der Waals surface area contributed by atoms with Gasteiger partial charge in [0, 0.05) is 5.69 Å². The standard InChI is InChI=1S/C24H17FN2O3S2/c25-17-9-11-18(12-10-17)26-22(28)15-27-23(29)21(32-24(27)31)14-16-5-4-8-20(13-16)30-19-6-2-1-3-7-19/h1-14H,15H2,(H,26,28)/b21-14-. The van der Waals surface area contributed by atoms with Crippen molar-refractivity contribution in [1.29, 1.82) is 0 Å². The molecular weight excluding hydrogens is 447 g/mol. The molecule has 0 spiro atoms. The number of anilines is 1. The number of nitrogens with zero attached hydrogens (tertiary/aromatic N) is 1. The Morgan fingerprint density at radius 1 is 1.03 bits per heavy atom. The molecule has 0 saturated carbocycles. The molecule has 0 aromatic heterocycles. The van der Waals surface area contributed by atoms with Crippen molar-refractivity contribution < 1.29 is 18.7 Å². The first-order valence-electron chi connectivity index (χ1n) is 9.62. The third-order valence-electron chi connectivity index (χ3n) is 4.44. The molecule has 32 heavy (non-hydrogen) atoms. The van der Waals surface area contributed by atoms with E-state index >= 15 is 0 Å². The van der Waals surface area contributed by atoms with E-state index < -0.39 is 11.7 Å². The zero-order valence-corrected chi connectivity index (χ0v) is 18.3. The monoisotopic (exact) mass is 464 g/mol. The Balaban J connectivity index is 1.43. The van der Waals surface area contributed by atoms with Crippen LogP contribution in [0.15, 0.2) is 83.8 Å². The average Bonchev–Trinajstić information content (AvgIpc) is 3.03. The number of hydrogen-bond acceptors (Lipinski definition) is 5. The van der Waals surface area contributed by atoms with E-state index in [1.807, 2.05) is 54.6 Å².